The van der Waals surface area contributed by atoms with Gasteiger partial charge in [-0.15, -0.1) is 0 Å². The first kappa shape index (κ1) is 20.0. The van der Waals surface area contributed by atoms with Gasteiger partial charge >= 0.3 is 0 Å². The predicted octanol–water partition coefficient (Wildman–Crippen LogP) is 6.13. The molecular formula is C24H29NO3. The summed E-state index contributed by atoms with van der Waals surface area (Å²) in [7, 11) is 0. The zero-order valence-electron chi connectivity index (χ0n) is 16.6. The fourth-order valence-corrected chi connectivity index (χ4v) is 3.03. The SMILES string of the molecule is Cc1cc(CCCCCCCOc2ccc(OCc3ccccc3)cc2)on1. The third kappa shape index (κ3) is 7.10. The number of aromatic nitrogens is 1. The monoisotopic (exact) mass is 379 g/mol. The van der Waals surface area contributed by atoms with E-state index in [-0.39, 0.29) is 0 Å². The fraction of sp³-hybridized carbons (Fsp3) is 0.375. The number of benzene rings is 2. The van der Waals surface area contributed by atoms with Gasteiger partial charge in [-0.2, -0.15) is 0 Å². The molecule has 0 aliphatic heterocycles. The van der Waals surface area contributed by atoms with E-state index in [4.69, 9.17) is 14.0 Å². The molecule has 0 unspecified atom stereocenters. The minimum Gasteiger partial charge on any atom is -0.494 e. The zero-order valence-corrected chi connectivity index (χ0v) is 16.6. The molecule has 1 aromatic heterocycles. The van der Waals surface area contributed by atoms with Crippen molar-refractivity contribution in [2.24, 2.45) is 0 Å². The summed E-state index contributed by atoms with van der Waals surface area (Å²) in [6, 6.07) is 20.1. The largest absolute Gasteiger partial charge is 0.494 e. The smallest absolute Gasteiger partial charge is 0.136 e. The topological polar surface area (TPSA) is 44.5 Å². The Labute approximate surface area is 167 Å². The van der Waals surface area contributed by atoms with Crippen LogP contribution >= 0.6 is 0 Å². The lowest BCUT2D eigenvalue weighted by molar-refractivity contribution is 0.296. The van der Waals surface area contributed by atoms with Crippen LogP contribution in [0.1, 0.15) is 49.1 Å². The molecular weight excluding hydrogens is 350 g/mol. The molecule has 3 rings (SSSR count). The Morgan fingerprint density at radius 2 is 1.46 bits per heavy atom. The van der Waals surface area contributed by atoms with E-state index in [1.807, 2.05) is 55.5 Å². The highest BCUT2D eigenvalue weighted by molar-refractivity contribution is 5.31. The van der Waals surface area contributed by atoms with Gasteiger partial charge in [0.2, 0.25) is 0 Å². The Hall–Kier alpha value is -2.75. The number of hydrogen-bond donors (Lipinski definition) is 0. The molecule has 0 spiro atoms. The summed E-state index contributed by atoms with van der Waals surface area (Å²) in [5.41, 5.74) is 2.13. The summed E-state index contributed by atoms with van der Waals surface area (Å²) in [4.78, 5) is 0. The molecule has 0 bridgehead atoms. The lowest BCUT2D eigenvalue weighted by Crippen LogP contribution is -1.98. The van der Waals surface area contributed by atoms with E-state index in [1.165, 1.54) is 24.8 Å². The number of aryl methyl sites for hydroxylation is 2. The summed E-state index contributed by atoms with van der Waals surface area (Å²) < 4.78 is 16.8. The van der Waals surface area contributed by atoms with Crippen LogP contribution in [0.3, 0.4) is 0 Å². The van der Waals surface area contributed by atoms with Gasteiger partial charge in [0.15, 0.2) is 0 Å². The molecule has 0 saturated carbocycles. The number of rotatable bonds is 12. The van der Waals surface area contributed by atoms with Crippen molar-refractivity contribution in [1.29, 1.82) is 0 Å². The first-order valence-corrected chi connectivity index (χ1v) is 10.1. The van der Waals surface area contributed by atoms with Gasteiger partial charge in [0.05, 0.1) is 12.3 Å². The molecule has 0 atom stereocenters. The van der Waals surface area contributed by atoms with Gasteiger partial charge in [-0.25, -0.2) is 0 Å². The normalized spacial score (nSPS) is 10.8. The van der Waals surface area contributed by atoms with Crippen molar-refractivity contribution in [2.75, 3.05) is 6.61 Å². The third-order valence-electron chi connectivity index (χ3n) is 4.59. The number of ether oxygens (including phenoxy) is 2. The lowest BCUT2D eigenvalue weighted by atomic mass is 10.1. The van der Waals surface area contributed by atoms with E-state index in [0.29, 0.717) is 6.61 Å². The Bertz CT molecular complexity index is 796. The Balaban J connectivity index is 1.23. The molecule has 3 aromatic rings. The highest BCUT2D eigenvalue weighted by Gasteiger charge is 2.01. The van der Waals surface area contributed by atoms with Gasteiger partial charge in [-0.1, -0.05) is 54.8 Å². The van der Waals surface area contributed by atoms with E-state index in [9.17, 15) is 0 Å². The average Bonchev–Trinajstić information content (AvgIpc) is 3.15. The minimum absolute atomic E-state index is 0.580. The van der Waals surface area contributed by atoms with Crippen molar-refractivity contribution in [3.63, 3.8) is 0 Å². The molecule has 0 saturated heterocycles. The summed E-state index contributed by atoms with van der Waals surface area (Å²) in [5.74, 6) is 2.75. The van der Waals surface area contributed by atoms with Gasteiger partial charge in [-0.05, 0) is 49.6 Å². The molecule has 0 aliphatic rings. The van der Waals surface area contributed by atoms with Crippen molar-refractivity contribution in [3.8, 4) is 11.5 Å². The van der Waals surface area contributed by atoms with Crippen LogP contribution in [0.2, 0.25) is 0 Å². The van der Waals surface area contributed by atoms with E-state index < -0.39 is 0 Å². The zero-order chi connectivity index (χ0) is 19.4. The van der Waals surface area contributed by atoms with Gasteiger partial charge in [0.1, 0.15) is 23.9 Å². The van der Waals surface area contributed by atoms with Crippen molar-refractivity contribution < 1.29 is 14.0 Å². The van der Waals surface area contributed by atoms with Crippen LogP contribution in [0, 0.1) is 6.92 Å². The minimum atomic E-state index is 0.580. The third-order valence-corrected chi connectivity index (χ3v) is 4.59. The maximum atomic E-state index is 5.82. The van der Waals surface area contributed by atoms with Crippen LogP contribution in [-0.2, 0) is 13.0 Å². The van der Waals surface area contributed by atoms with E-state index in [1.54, 1.807) is 0 Å². The van der Waals surface area contributed by atoms with E-state index >= 15 is 0 Å². The highest BCUT2D eigenvalue weighted by atomic mass is 16.5. The summed E-state index contributed by atoms with van der Waals surface area (Å²) in [6.45, 7) is 3.29. The Morgan fingerprint density at radius 1 is 0.786 bits per heavy atom. The molecule has 0 aliphatic carbocycles. The van der Waals surface area contributed by atoms with Crippen LogP contribution < -0.4 is 9.47 Å². The standard InChI is InChI=1S/C24H29NO3/c1-20-18-24(28-25-20)12-8-3-2-4-9-17-26-22-13-15-23(16-14-22)27-19-21-10-6-5-7-11-21/h5-7,10-11,13-16,18H,2-4,8-9,12,17,19H2,1H3. The summed E-state index contributed by atoms with van der Waals surface area (Å²) in [5, 5.41) is 3.91. The summed E-state index contributed by atoms with van der Waals surface area (Å²) >= 11 is 0. The molecule has 2 aromatic carbocycles. The van der Waals surface area contributed by atoms with Gasteiger partial charge in [0.25, 0.3) is 0 Å². The molecule has 4 heteroatoms. The Morgan fingerprint density at radius 3 is 2.18 bits per heavy atom. The van der Waals surface area contributed by atoms with Crippen LogP contribution in [-0.4, -0.2) is 11.8 Å². The van der Waals surface area contributed by atoms with Gasteiger partial charge in [0, 0.05) is 12.5 Å². The summed E-state index contributed by atoms with van der Waals surface area (Å²) in [6.07, 6.45) is 6.84. The second-order valence-corrected chi connectivity index (χ2v) is 7.05. The van der Waals surface area contributed by atoms with Crippen LogP contribution in [0.25, 0.3) is 0 Å². The molecule has 0 amide bonds. The van der Waals surface area contributed by atoms with Crippen LogP contribution in [0.15, 0.2) is 65.2 Å². The molecule has 1 heterocycles. The fourth-order valence-electron chi connectivity index (χ4n) is 3.03. The number of nitrogens with zero attached hydrogens (tertiary/aromatic N) is 1. The maximum absolute atomic E-state index is 5.82. The van der Waals surface area contributed by atoms with Crippen molar-refractivity contribution in [1.82, 2.24) is 5.16 Å². The highest BCUT2D eigenvalue weighted by Crippen LogP contribution is 2.19. The average molecular weight is 380 g/mol. The second-order valence-electron chi connectivity index (χ2n) is 7.05. The van der Waals surface area contributed by atoms with Crippen molar-refractivity contribution in [2.45, 2.75) is 52.1 Å². The van der Waals surface area contributed by atoms with Crippen molar-refractivity contribution >= 4 is 0 Å². The van der Waals surface area contributed by atoms with Crippen LogP contribution in [0.5, 0.6) is 11.5 Å². The van der Waals surface area contributed by atoms with E-state index in [2.05, 4.69) is 17.3 Å². The quantitative estimate of drug-likeness (QED) is 0.355. The molecule has 4 nitrogen and oxygen atoms in total. The second kappa shape index (κ2) is 11.2. The molecule has 0 fully saturated rings. The molecule has 28 heavy (non-hydrogen) atoms. The van der Waals surface area contributed by atoms with Crippen LogP contribution in [0.4, 0.5) is 0 Å². The molecule has 148 valence electrons. The number of hydrogen-bond acceptors (Lipinski definition) is 4. The number of unbranched alkanes of at least 4 members (excludes halogenated alkanes) is 4. The molecule has 0 radical (unpaired) electrons. The maximum Gasteiger partial charge on any atom is 0.136 e. The lowest BCUT2D eigenvalue weighted by Gasteiger charge is -2.09. The first-order valence-electron chi connectivity index (χ1n) is 10.1. The molecule has 0 N–H and O–H groups in total. The van der Waals surface area contributed by atoms with Crippen molar-refractivity contribution in [3.05, 3.63) is 77.7 Å². The van der Waals surface area contributed by atoms with Gasteiger partial charge in [-0.3, -0.25) is 0 Å². The van der Waals surface area contributed by atoms with E-state index in [0.717, 1.165) is 48.8 Å². The predicted molar refractivity (Wildman–Crippen MR) is 111 cm³/mol. The van der Waals surface area contributed by atoms with Gasteiger partial charge < -0.3 is 14.0 Å². The Kier molecular flexibility index (Phi) is 7.98. The first-order chi connectivity index (χ1) is 13.8.